The van der Waals surface area contributed by atoms with Gasteiger partial charge < -0.3 is 10.1 Å². The fourth-order valence-corrected chi connectivity index (χ4v) is 5.09. The van der Waals surface area contributed by atoms with Crippen LogP contribution in [0, 0.1) is 17.4 Å². The summed E-state index contributed by atoms with van der Waals surface area (Å²) in [6, 6.07) is 17.4. The number of amides is 1. The Morgan fingerprint density at radius 1 is 1.12 bits per heavy atom. The number of halogens is 3. The maximum absolute atomic E-state index is 12.5. The van der Waals surface area contributed by atoms with E-state index in [0.29, 0.717) is 21.7 Å². The molecule has 1 N–H and O–H groups in total. The number of hydrogen-bond donors (Lipinski definition) is 1. The van der Waals surface area contributed by atoms with E-state index in [0.717, 1.165) is 41.7 Å². The molecule has 0 spiro atoms. The van der Waals surface area contributed by atoms with Crippen LogP contribution in [-0.4, -0.2) is 11.1 Å². The Morgan fingerprint density at radius 3 is 2.48 bits per heavy atom. The van der Waals surface area contributed by atoms with Crippen molar-refractivity contribution in [1.82, 2.24) is 5.32 Å². The lowest BCUT2D eigenvalue weighted by molar-refractivity contribution is -0.115. The SMILES string of the molecule is Cc1cc(N=C2NC(=O)/C(=C/c3ccc(OCc4ccc(Cl)cc4)c(I)c3)S2)cc(C)c1Br. The molecule has 33 heavy (non-hydrogen) atoms. The van der Waals surface area contributed by atoms with Crippen molar-refractivity contribution in [3.63, 3.8) is 0 Å². The van der Waals surface area contributed by atoms with Crippen molar-refractivity contribution in [1.29, 1.82) is 0 Å². The molecule has 0 unspecified atom stereocenters. The van der Waals surface area contributed by atoms with Gasteiger partial charge in [0.05, 0.1) is 14.2 Å². The molecular weight excluding hydrogens is 635 g/mol. The molecule has 0 aromatic heterocycles. The van der Waals surface area contributed by atoms with E-state index in [1.165, 1.54) is 11.8 Å². The van der Waals surface area contributed by atoms with Crippen molar-refractivity contribution < 1.29 is 9.53 Å². The number of aliphatic imine (C=N–C) groups is 1. The van der Waals surface area contributed by atoms with Gasteiger partial charge in [0.25, 0.3) is 5.91 Å². The molecule has 0 radical (unpaired) electrons. The molecule has 1 aliphatic rings. The summed E-state index contributed by atoms with van der Waals surface area (Å²) < 4.78 is 7.98. The molecule has 0 atom stereocenters. The van der Waals surface area contributed by atoms with E-state index in [2.05, 4.69) is 48.8 Å². The first kappa shape index (κ1) is 24.3. The number of hydrogen-bond acceptors (Lipinski definition) is 4. The monoisotopic (exact) mass is 652 g/mol. The van der Waals surface area contributed by atoms with Crippen molar-refractivity contribution in [2.24, 2.45) is 4.99 Å². The summed E-state index contributed by atoms with van der Waals surface area (Å²) >= 11 is 13.1. The normalized spacial score (nSPS) is 15.8. The van der Waals surface area contributed by atoms with Gasteiger partial charge in [-0.2, -0.15) is 0 Å². The van der Waals surface area contributed by atoms with Gasteiger partial charge in [-0.05, 0) is 113 Å². The second-order valence-electron chi connectivity index (χ2n) is 7.48. The van der Waals surface area contributed by atoms with Gasteiger partial charge >= 0.3 is 0 Å². The molecule has 1 heterocycles. The lowest BCUT2D eigenvalue weighted by Crippen LogP contribution is -2.19. The van der Waals surface area contributed by atoms with E-state index in [4.69, 9.17) is 16.3 Å². The minimum absolute atomic E-state index is 0.151. The van der Waals surface area contributed by atoms with E-state index >= 15 is 0 Å². The summed E-state index contributed by atoms with van der Waals surface area (Å²) in [6.07, 6.45) is 1.87. The molecule has 0 aliphatic carbocycles. The molecule has 0 bridgehead atoms. The molecule has 4 nitrogen and oxygen atoms in total. The Morgan fingerprint density at radius 2 is 1.82 bits per heavy atom. The van der Waals surface area contributed by atoms with Crippen molar-refractivity contribution in [2.45, 2.75) is 20.5 Å². The number of benzene rings is 3. The fraction of sp³-hybridized carbons (Fsp3) is 0.120. The predicted octanol–water partition coefficient (Wildman–Crippen LogP) is 7.79. The van der Waals surface area contributed by atoms with E-state index in [1.807, 2.05) is 74.5 Å². The van der Waals surface area contributed by atoms with E-state index in [9.17, 15) is 4.79 Å². The van der Waals surface area contributed by atoms with Crippen LogP contribution in [-0.2, 0) is 11.4 Å². The summed E-state index contributed by atoms with van der Waals surface area (Å²) in [5, 5.41) is 4.13. The maximum Gasteiger partial charge on any atom is 0.264 e. The smallest absolute Gasteiger partial charge is 0.264 e. The first-order valence-electron chi connectivity index (χ1n) is 10.0. The van der Waals surface area contributed by atoms with Crippen LogP contribution in [0.5, 0.6) is 5.75 Å². The molecule has 3 aromatic rings. The van der Waals surface area contributed by atoms with E-state index < -0.39 is 0 Å². The van der Waals surface area contributed by atoms with Crippen LogP contribution < -0.4 is 10.1 Å². The molecule has 4 rings (SSSR count). The third kappa shape index (κ3) is 6.20. The third-order valence-electron chi connectivity index (χ3n) is 4.86. The quantitative estimate of drug-likeness (QED) is 0.226. The van der Waals surface area contributed by atoms with Gasteiger partial charge in [-0.1, -0.05) is 45.7 Å². The highest BCUT2D eigenvalue weighted by atomic mass is 127. The second kappa shape index (κ2) is 10.6. The summed E-state index contributed by atoms with van der Waals surface area (Å²) in [6.45, 7) is 4.51. The van der Waals surface area contributed by atoms with Gasteiger partial charge in [0, 0.05) is 9.50 Å². The number of nitrogens with one attached hydrogen (secondary N) is 1. The molecule has 1 amide bonds. The molecule has 0 saturated carbocycles. The van der Waals surface area contributed by atoms with Crippen LogP contribution in [0.3, 0.4) is 0 Å². The largest absolute Gasteiger partial charge is 0.488 e. The summed E-state index contributed by atoms with van der Waals surface area (Å²) in [5.74, 6) is 0.641. The Labute approximate surface area is 224 Å². The standard InChI is InChI=1S/C25H19BrClIN2O2S/c1-14-9-19(10-15(2)23(14)26)29-25-30-24(31)22(33-25)12-17-5-8-21(20(28)11-17)32-13-16-3-6-18(27)7-4-16/h3-12H,13H2,1-2H3,(H,29,30,31)/b22-12-. The van der Waals surface area contributed by atoms with Crippen LogP contribution in [0.4, 0.5) is 5.69 Å². The number of ether oxygens (including phenoxy) is 1. The second-order valence-corrected chi connectivity index (χ2v) is 10.9. The van der Waals surface area contributed by atoms with Gasteiger partial charge in [0.15, 0.2) is 5.17 Å². The van der Waals surface area contributed by atoms with Gasteiger partial charge in [0.1, 0.15) is 12.4 Å². The molecule has 1 aliphatic heterocycles. The highest BCUT2D eigenvalue weighted by Gasteiger charge is 2.24. The minimum atomic E-state index is -0.151. The molecule has 1 fully saturated rings. The molecular formula is C25H19BrClIN2O2S. The fourth-order valence-electron chi connectivity index (χ4n) is 3.20. The Kier molecular flexibility index (Phi) is 7.83. The van der Waals surface area contributed by atoms with Crippen LogP contribution in [0.25, 0.3) is 6.08 Å². The number of rotatable bonds is 5. The van der Waals surface area contributed by atoms with Gasteiger partial charge in [-0.15, -0.1) is 0 Å². The number of carbonyl (C=O) groups is 1. The summed E-state index contributed by atoms with van der Waals surface area (Å²) in [7, 11) is 0. The van der Waals surface area contributed by atoms with Crippen molar-refractivity contribution >= 4 is 84.7 Å². The third-order valence-corrected chi connectivity index (χ3v) is 8.12. The zero-order valence-corrected chi connectivity index (χ0v) is 23.1. The average molecular weight is 654 g/mol. The number of nitrogens with zero attached hydrogens (tertiary/aromatic N) is 1. The zero-order valence-electron chi connectivity index (χ0n) is 17.8. The number of thioether (sulfide) groups is 1. The van der Waals surface area contributed by atoms with Gasteiger partial charge in [-0.25, -0.2) is 4.99 Å². The topological polar surface area (TPSA) is 50.7 Å². The average Bonchev–Trinajstić information content (AvgIpc) is 3.11. The Hall–Kier alpha value is -1.81. The van der Waals surface area contributed by atoms with Crippen LogP contribution in [0.15, 0.2) is 69.0 Å². The first-order valence-corrected chi connectivity index (χ1v) is 13.1. The first-order chi connectivity index (χ1) is 15.8. The zero-order chi connectivity index (χ0) is 23.5. The van der Waals surface area contributed by atoms with E-state index in [-0.39, 0.29) is 5.91 Å². The van der Waals surface area contributed by atoms with Crippen LogP contribution >= 0.6 is 61.9 Å². The van der Waals surface area contributed by atoms with Crippen LogP contribution in [0.1, 0.15) is 22.3 Å². The van der Waals surface area contributed by atoms with Crippen LogP contribution in [0.2, 0.25) is 5.02 Å². The van der Waals surface area contributed by atoms with E-state index in [1.54, 1.807) is 0 Å². The minimum Gasteiger partial charge on any atom is -0.488 e. The van der Waals surface area contributed by atoms with Gasteiger partial charge in [-0.3, -0.25) is 4.79 Å². The highest BCUT2D eigenvalue weighted by molar-refractivity contribution is 14.1. The highest BCUT2D eigenvalue weighted by Crippen LogP contribution is 2.32. The molecule has 1 saturated heterocycles. The number of aryl methyl sites for hydroxylation is 2. The lowest BCUT2D eigenvalue weighted by Gasteiger charge is -2.09. The Bertz CT molecular complexity index is 1270. The molecule has 3 aromatic carbocycles. The number of carbonyl (C=O) groups excluding carboxylic acids is 1. The molecule has 8 heteroatoms. The maximum atomic E-state index is 12.5. The number of amidine groups is 1. The summed E-state index contributed by atoms with van der Waals surface area (Å²) in [5.41, 5.74) is 4.99. The summed E-state index contributed by atoms with van der Waals surface area (Å²) in [4.78, 5) is 17.7. The van der Waals surface area contributed by atoms with Crippen molar-refractivity contribution in [3.8, 4) is 5.75 Å². The molecule has 168 valence electrons. The van der Waals surface area contributed by atoms with Crippen molar-refractivity contribution in [3.05, 3.63) is 94.8 Å². The lowest BCUT2D eigenvalue weighted by atomic mass is 10.1. The predicted molar refractivity (Wildman–Crippen MR) is 149 cm³/mol. The van der Waals surface area contributed by atoms with Crippen molar-refractivity contribution in [2.75, 3.05) is 0 Å². The van der Waals surface area contributed by atoms with Gasteiger partial charge in [0.2, 0.25) is 0 Å². The Balaban J connectivity index is 1.46.